The minimum atomic E-state index is -0.622. The van der Waals surface area contributed by atoms with E-state index in [1.165, 1.54) is 11.3 Å². The van der Waals surface area contributed by atoms with Gasteiger partial charge in [0.2, 0.25) is 5.91 Å². The maximum Gasteiger partial charge on any atom is 0.254 e. The fourth-order valence-electron chi connectivity index (χ4n) is 5.60. The van der Waals surface area contributed by atoms with Crippen LogP contribution in [0.15, 0.2) is 72.8 Å². The minimum absolute atomic E-state index is 0.0632. The number of morpholine rings is 1. The van der Waals surface area contributed by atoms with Crippen LogP contribution in [0.25, 0.3) is 10.2 Å². The molecule has 3 heterocycles. The molecule has 40 heavy (non-hydrogen) atoms. The summed E-state index contributed by atoms with van der Waals surface area (Å²) in [5.41, 5.74) is 3.03. The van der Waals surface area contributed by atoms with Gasteiger partial charge in [-0.2, -0.15) is 0 Å². The van der Waals surface area contributed by atoms with Crippen molar-refractivity contribution in [3.8, 4) is 5.75 Å². The second kappa shape index (κ2) is 11.8. The van der Waals surface area contributed by atoms with Gasteiger partial charge < -0.3 is 19.7 Å². The zero-order chi connectivity index (χ0) is 27.5. The molecule has 0 unspecified atom stereocenters. The third-order valence-corrected chi connectivity index (χ3v) is 8.49. The number of amides is 2. The zero-order valence-corrected chi connectivity index (χ0v) is 23.2. The Kier molecular flexibility index (Phi) is 7.77. The number of carbonyl (C=O) groups is 2. The molecular weight excluding hydrogens is 524 g/mol. The van der Waals surface area contributed by atoms with Crippen LogP contribution in [0, 0.1) is 0 Å². The Labute approximate surface area is 237 Å². The number of nitrogens with one attached hydrogen (secondary N) is 1. The predicted molar refractivity (Wildman–Crippen MR) is 156 cm³/mol. The highest BCUT2D eigenvalue weighted by molar-refractivity contribution is 7.22. The highest BCUT2D eigenvalue weighted by Gasteiger charge is 2.44. The molecule has 0 saturated carbocycles. The molecule has 1 fully saturated rings. The summed E-state index contributed by atoms with van der Waals surface area (Å²) in [6.45, 7) is 6.74. The molecule has 0 spiro atoms. The number of carbonyl (C=O) groups excluding carboxylic acids is 2. The molecule has 2 amide bonds. The number of thiazole rings is 1. The van der Waals surface area contributed by atoms with Crippen LogP contribution in [-0.4, -0.2) is 72.6 Å². The maximum absolute atomic E-state index is 14.2. The van der Waals surface area contributed by atoms with Crippen molar-refractivity contribution in [3.63, 3.8) is 0 Å². The summed E-state index contributed by atoms with van der Waals surface area (Å²) < 4.78 is 12.2. The van der Waals surface area contributed by atoms with Gasteiger partial charge >= 0.3 is 0 Å². The third-order valence-electron chi connectivity index (χ3n) is 7.54. The summed E-state index contributed by atoms with van der Waals surface area (Å²) in [5.74, 6) is -0.117. The molecule has 0 aliphatic carbocycles. The molecule has 1 saturated heterocycles. The Morgan fingerprint density at radius 1 is 1.02 bits per heavy atom. The molecule has 9 heteroatoms. The van der Waals surface area contributed by atoms with Gasteiger partial charge in [-0.3, -0.25) is 14.5 Å². The fraction of sp³-hybridized carbons (Fsp3) is 0.323. The molecule has 1 aromatic heterocycles. The largest absolute Gasteiger partial charge is 0.494 e. The number of anilines is 1. The first-order valence-electron chi connectivity index (χ1n) is 13.7. The summed E-state index contributed by atoms with van der Waals surface area (Å²) in [7, 11) is 0. The third kappa shape index (κ3) is 5.32. The molecule has 0 bridgehead atoms. The monoisotopic (exact) mass is 556 g/mol. The van der Waals surface area contributed by atoms with Crippen LogP contribution in [0.4, 0.5) is 5.13 Å². The van der Waals surface area contributed by atoms with Crippen LogP contribution in [0.2, 0.25) is 0 Å². The van der Waals surface area contributed by atoms with Gasteiger partial charge in [-0.05, 0) is 48.4 Å². The number of nitrogens with zero attached hydrogens (tertiary/aromatic N) is 3. The Hall–Kier alpha value is -3.79. The summed E-state index contributed by atoms with van der Waals surface area (Å²) in [6.07, 6.45) is 0. The minimum Gasteiger partial charge on any atom is -0.494 e. The molecular formula is C31H32N4O4S. The van der Waals surface area contributed by atoms with Gasteiger partial charge in [0, 0.05) is 31.7 Å². The molecule has 1 N–H and O–H groups in total. The van der Waals surface area contributed by atoms with Crippen molar-refractivity contribution >= 4 is 38.5 Å². The number of hydrogen-bond donors (Lipinski definition) is 1. The standard InChI is InChI=1S/C31H32N4O4S/c1-2-39-22-13-11-21(12-14-22)28-27(29(36)33-31-32-25-9-5-6-10-26(25)40-31)23-7-3-4-8-24(23)30(37)35(28)16-15-34-17-19-38-20-18-34/h3-14,27-28H,2,15-20H2,1H3,(H,32,33,36)/t27-,28-/m0/s1. The second-order valence-electron chi connectivity index (χ2n) is 9.94. The van der Waals surface area contributed by atoms with E-state index in [0.717, 1.165) is 40.2 Å². The topological polar surface area (TPSA) is 84.0 Å². The van der Waals surface area contributed by atoms with Crippen molar-refractivity contribution in [1.82, 2.24) is 14.8 Å². The number of rotatable bonds is 8. The second-order valence-corrected chi connectivity index (χ2v) is 11.0. The van der Waals surface area contributed by atoms with Crippen molar-refractivity contribution < 1.29 is 19.1 Å². The van der Waals surface area contributed by atoms with E-state index in [9.17, 15) is 9.59 Å². The van der Waals surface area contributed by atoms with Gasteiger partial charge in [0.1, 0.15) is 5.75 Å². The summed E-state index contributed by atoms with van der Waals surface area (Å²) >= 11 is 1.45. The molecule has 8 nitrogen and oxygen atoms in total. The fourth-order valence-corrected chi connectivity index (χ4v) is 6.47. The Bertz CT molecular complexity index is 1470. The van der Waals surface area contributed by atoms with E-state index >= 15 is 0 Å². The molecule has 2 atom stereocenters. The first-order valence-corrected chi connectivity index (χ1v) is 14.5. The molecule has 4 aromatic rings. The zero-order valence-electron chi connectivity index (χ0n) is 22.4. The van der Waals surface area contributed by atoms with E-state index in [1.807, 2.05) is 84.6 Å². The highest BCUT2D eigenvalue weighted by atomic mass is 32.1. The van der Waals surface area contributed by atoms with Crippen LogP contribution in [0.1, 0.15) is 40.4 Å². The number of fused-ring (bicyclic) bond motifs is 2. The van der Waals surface area contributed by atoms with E-state index in [2.05, 4.69) is 15.2 Å². The summed E-state index contributed by atoms with van der Waals surface area (Å²) in [5, 5.41) is 3.64. The van der Waals surface area contributed by atoms with E-state index in [-0.39, 0.29) is 11.8 Å². The van der Waals surface area contributed by atoms with E-state index in [4.69, 9.17) is 9.47 Å². The predicted octanol–water partition coefficient (Wildman–Crippen LogP) is 4.95. The lowest BCUT2D eigenvalue weighted by atomic mass is 9.79. The Morgan fingerprint density at radius 2 is 1.77 bits per heavy atom. The summed E-state index contributed by atoms with van der Waals surface area (Å²) in [6, 6.07) is 22.6. The van der Waals surface area contributed by atoms with E-state index in [1.54, 1.807) is 0 Å². The van der Waals surface area contributed by atoms with Crippen LogP contribution in [0.3, 0.4) is 0 Å². The number of hydrogen-bond acceptors (Lipinski definition) is 7. The highest BCUT2D eigenvalue weighted by Crippen LogP contribution is 2.44. The van der Waals surface area contributed by atoms with Crippen molar-refractivity contribution in [2.24, 2.45) is 0 Å². The average molecular weight is 557 g/mol. The SMILES string of the molecule is CCOc1ccc([C@H]2[C@@H](C(=O)Nc3nc4ccccc4s3)c3ccccc3C(=O)N2CCN2CCOCC2)cc1. The number of benzene rings is 3. The lowest BCUT2D eigenvalue weighted by Crippen LogP contribution is -2.49. The smallest absolute Gasteiger partial charge is 0.254 e. The van der Waals surface area contributed by atoms with Crippen LogP contribution in [0.5, 0.6) is 5.75 Å². The van der Waals surface area contributed by atoms with Crippen molar-refractivity contribution in [2.75, 3.05) is 51.3 Å². The van der Waals surface area contributed by atoms with Crippen molar-refractivity contribution in [3.05, 3.63) is 89.5 Å². The van der Waals surface area contributed by atoms with Crippen molar-refractivity contribution in [1.29, 1.82) is 0 Å². The molecule has 6 rings (SSSR count). The van der Waals surface area contributed by atoms with Crippen LogP contribution in [-0.2, 0) is 9.53 Å². The van der Waals surface area contributed by atoms with Crippen LogP contribution >= 0.6 is 11.3 Å². The molecule has 3 aromatic carbocycles. The number of aromatic nitrogens is 1. The Morgan fingerprint density at radius 3 is 2.55 bits per heavy atom. The Balaban J connectivity index is 1.39. The van der Waals surface area contributed by atoms with E-state index < -0.39 is 12.0 Å². The van der Waals surface area contributed by atoms with E-state index in [0.29, 0.717) is 43.6 Å². The lowest BCUT2D eigenvalue weighted by Gasteiger charge is -2.42. The first kappa shape index (κ1) is 26.4. The van der Waals surface area contributed by atoms with Gasteiger partial charge in [0.15, 0.2) is 5.13 Å². The molecule has 2 aliphatic rings. The number of para-hydroxylation sites is 1. The first-order chi connectivity index (χ1) is 19.6. The quantitative estimate of drug-likeness (QED) is 0.331. The maximum atomic E-state index is 14.2. The van der Waals surface area contributed by atoms with Crippen LogP contribution < -0.4 is 10.1 Å². The van der Waals surface area contributed by atoms with Gasteiger partial charge in [-0.25, -0.2) is 4.98 Å². The average Bonchev–Trinajstić information content (AvgIpc) is 3.40. The normalized spacial score (nSPS) is 19.4. The van der Waals surface area contributed by atoms with Gasteiger partial charge in [-0.1, -0.05) is 53.8 Å². The van der Waals surface area contributed by atoms with Gasteiger partial charge in [0.25, 0.3) is 5.91 Å². The number of ether oxygens (including phenoxy) is 2. The van der Waals surface area contributed by atoms with Crippen molar-refractivity contribution in [2.45, 2.75) is 18.9 Å². The summed E-state index contributed by atoms with van der Waals surface area (Å²) in [4.78, 5) is 37.0. The lowest BCUT2D eigenvalue weighted by molar-refractivity contribution is -0.119. The molecule has 206 valence electrons. The van der Waals surface area contributed by atoms with Gasteiger partial charge in [0.05, 0.1) is 42.0 Å². The molecule has 2 aliphatic heterocycles. The van der Waals surface area contributed by atoms with Gasteiger partial charge in [-0.15, -0.1) is 0 Å². The molecule has 0 radical (unpaired) electrons.